The van der Waals surface area contributed by atoms with Crippen LogP contribution in [0, 0.1) is 0 Å². The van der Waals surface area contributed by atoms with Crippen molar-refractivity contribution < 1.29 is 19.4 Å². The summed E-state index contributed by atoms with van der Waals surface area (Å²) < 4.78 is 3.86. The summed E-state index contributed by atoms with van der Waals surface area (Å²) in [6.45, 7) is 0. The molecule has 0 fully saturated rings. The second-order valence-electron chi connectivity index (χ2n) is 2.82. The minimum Gasteiger partial charge on any atom is -0.449 e. The lowest BCUT2D eigenvalue weighted by atomic mass is 10.2. The lowest BCUT2D eigenvalue weighted by Gasteiger charge is -1.90. The summed E-state index contributed by atoms with van der Waals surface area (Å²) in [6, 6.07) is 9.49. The lowest BCUT2D eigenvalue weighted by Crippen LogP contribution is -2.06. The first-order valence-corrected chi connectivity index (χ1v) is 4.53. The largest absolute Gasteiger partial charge is 0.513 e. The van der Waals surface area contributed by atoms with Crippen LogP contribution in [0.1, 0.15) is 5.56 Å². The quantitative estimate of drug-likeness (QED) is 0.366. The van der Waals surface area contributed by atoms with Gasteiger partial charge in [0.1, 0.15) is 0 Å². The molecule has 0 aliphatic heterocycles. The van der Waals surface area contributed by atoms with Crippen molar-refractivity contribution in [1.82, 2.24) is 0 Å². The summed E-state index contributed by atoms with van der Waals surface area (Å²) in [6.07, 6.45) is 4.25. The number of benzene rings is 1. The van der Waals surface area contributed by atoms with Crippen molar-refractivity contribution >= 4 is 18.2 Å². The third kappa shape index (κ3) is 4.76. The van der Waals surface area contributed by atoms with Gasteiger partial charge in [-0.1, -0.05) is 48.6 Å². The Kier molecular flexibility index (Phi) is 4.53. The Labute approximate surface area is 92.5 Å². The monoisotopic (exact) mass is 218 g/mol. The molecular formula is C12H10O4. The number of hydrogen-bond acceptors (Lipinski definition) is 3. The molecule has 0 aliphatic rings. The first-order valence-electron chi connectivity index (χ1n) is 4.53. The zero-order valence-corrected chi connectivity index (χ0v) is 8.37. The van der Waals surface area contributed by atoms with Gasteiger partial charge in [0, 0.05) is 6.08 Å². The van der Waals surface area contributed by atoms with Gasteiger partial charge >= 0.3 is 12.1 Å². The van der Waals surface area contributed by atoms with Crippen LogP contribution in [0.5, 0.6) is 0 Å². The number of hydrogen-bond donors (Lipinski definition) is 1. The van der Waals surface area contributed by atoms with E-state index < -0.39 is 12.1 Å². The molecule has 82 valence electrons. The van der Waals surface area contributed by atoms with E-state index in [4.69, 9.17) is 5.11 Å². The molecule has 4 nitrogen and oxygen atoms in total. The van der Waals surface area contributed by atoms with Crippen LogP contribution < -0.4 is 0 Å². The fraction of sp³-hybridized carbons (Fsp3) is 0. The molecule has 1 rings (SSSR count). The van der Waals surface area contributed by atoms with E-state index in [1.807, 2.05) is 30.3 Å². The predicted molar refractivity (Wildman–Crippen MR) is 58.7 cm³/mol. The average molecular weight is 218 g/mol. The molecule has 0 unspecified atom stereocenters. The number of carbonyl (C=O) groups is 2. The fourth-order valence-corrected chi connectivity index (χ4v) is 0.985. The first kappa shape index (κ1) is 11.7. The zero-order valence-electron chi connectivity index (χ0n) is 8.37. The van der Waals surface area contributed by atoms with Crippen LogP contribution in [-0.4, -0.2) is 17.2 Å². The summed E-state index contributed by atoms with van der Waals surface area (Å²) in [5.74, 6) is -0.912. The summed E-state index contributed by atoms with van der Waals surface area (Å²) in [4.78, 5) is 20.7. The van der Waals surface area contributed by atoms with Crippen molar-refractivity contribution in [3.63, 3.8) is 0 Å². The number of allylic oxidation sites excluding steroid dienone is 2. The van der Waals surface area contributed by atoms with Crippen LogP contribution in [0.3, 0.4) is 0 Å². The van der Waals surface area contributed by atoms with Crippen molar-refractivity contribution in [2.75, 3.05) is 0 Å². The van der Waals surface area contributed by atoms with Gasteiger partial charge in [0.15, 0.2) is 0 Å². The second-order valence-corrected chi connectivity index (χ2v) is 2.82. The third-order valence-electron chi connectivity index (χ3n) is 1.62. The molecule has 0 radical (unpaired) electrons. The molecule has 0 atom stereocenters. The van der Waals surface area contributed by atoms with E-state index >= 15 is 0 Å². The van der Waals surface area contributed by atoms with Crippen LogP contribution in [0.4, 0.5) is 4.79 Å². The lowest BCUT2D eigenvalue weighted by molar-refractivity contribution is -0.133. The molecule has 1 aromatic carbocycles. The van der Waals surface area contributed by atoms with Crippen molar-refractivity contribution in [3.05, 3.63) is 54.1 Å². The number of esters is 1. The Morgan fingerprint density at radius 3 is 2.44 bits per heavy atom. The molecule has 16 heavy (non-hydrogen) atoms. The van der Waals surface area contributed by atoms with E-state index in [0.717, 1.165) is 11.6 Å². The summed E-state index contributed by atoms with van der Waals surface area (Å²) in [5.41, 5.74) is 0.985. The number of carboxylic acid groups (broad SMARTS) is 1. The standard InChI is InChI=1S/C12H10O4/c13-11(16-12(14)15)9-5-4-8-10-6-2-1-3-7-10/h1-9H,(H,14,15). The van der Waals surface area contributed by atoms with Crippen LogP contribution in [0.15, 0.2) is 48.6 Å². The maximum Gasteiger partial charge on any atom is 0.513 e. The maximum atomic E-state index is 10.7. The molecule has 4 heteroatoms. The van der Waals surface area contributed by atoms with E-state index in [1.165, 1.54) is 6.08 Å². The Bertz CT molecular complexity index is 418. The van der Waals surface area contributed by atoms with Gasteiger partial charge in [-0.2, -0.15) is 0 Å². The van der Waals surface area contributed by atoms with E-state index in [-0.39, 0.29) is 0 Å². The van der Waals surface area contributed by atoms with Gasteiger partial charge in [0.2, 0.25) is 0 Å². The molecule has 0 spiro atoms. The highest BCUT2D eigenvalue weighted by atomic mass is 16.7. The normalized spacial score (nSPS) is 10.8. The molecule has 0 saturated carbocycles. The van der Waals surface area contributed by atoms with Crippen molar-refractivity contribution in [3.8, 4) is 0 Å². The predicted octanol–water partition coefficient (Wildman–Crippen LogP) is 2.48. The van der Waals surface area contributed by atoms with Crippen molar-refractivity contribution in [1.29, 1.82) is 0 Å². The average Bonchev–Trinajstić information content (AvgIpc) is 2.25. The molecule has 0 bridgehead atoms. The van der Waals surface area contributed by atoms with Crippen LogP contribution in [-0.2, 0) is 9.53 Å². The van der Waals surface area contributed by atoms with Crippen molar-refractivity contribution in [2.45, 2.75) is 0 Å². The SMILES string of the molecule is O=C(O)OC(=O)C=CC=Cc1ccccc1. The Balaban J connectivity index is 2.45. The van der Waals surface area contributed by atoms with Gasteiger partial charge in [-0.25, -0.2) is 9.59 Å². The molecular weight excluding hydrogens is 208 g/mol. The number of carbonyl (C=O) groups excluding carboxylic acids is 1. The highest BCUT2D eigenvalue weighted by molar-refractivity contribution is 5.89. The molecule has 0 aliphatic carbocycles. The topological polar surface area (TPSA) is 63.6 Å². The van der Waals surface area contributed by atoms with Crippen LogP contribution in [0.25, 0.3) is 6.08 Å². The third-order valence-corrected chi connectivity index (χ3v) is 1.62. The molecule has 1 N–H and O–H groups in total. The van der Waals surface area contributed by atoms with Gasteiger partial charge in [0.05, 0.1) is 0 Å². The summed E-state index contributed by atoms with van der Waals surface area (Å²) >= 11 is 0. The van der Waals surface area contributed by atoms with Crippen LogP contribution >= 0.6 is 0 Å². The summed E-state index contributed by atoms with van der Waals surface area (Å²) in [7, 11) is 0. The zero-order chi connectivity index (χ0) is 11.8. The van der Waals surface area contributed by atoms with Gasteiger partial charge in [-0.15, -0.1) is 0 Å². The number of ether oxygens (including phenoxy) is 1. The smallest absolute Gasteiger partial charge is 0.449 e. The fourth-order valence-electron chi connectivity index (χ4n) is 0.985. The Morgan fingerprint density at radius 1 is 1.12 bits per heavy atom. The van der Waals surface area contributed by atoms with E-state index in [0.29, 0.717) is 0 Å². The maximum absolute atomic E-state index is 10.7. The summed E-state index contributed by atoms with van der Waals surface area (Å²) in [5, 5.41) is 8.12. The molecule has 0 heterocycles. The Morgan fingerprint density at radius 2 is 1.81 bits per heavy atom. The van der Waals surface area contributed by atoms with Gasteiger partial charge in [-0.3, -0.25) is 0 Å². The molecule has 0 aromatic heterocycles. The van der Waals surface area contributed by atoms with Gasteiger partial charge in [-0.05, 0) is 5.56 Å². The number of rotatable bonds is 3. The highest BCUT2D eigenvalue weighted by Gasteiger charge is 2.01. The molecule has 0 saturated heterocycles. The van der Waals surface area contributed by atoms with E-state index in [9.17, 15) is 9.59 Å². The molecule has 1 aromatic rings. The molecule has 0 amide bonds. The van der Waals surface area contributed by atoms with Gasteiger partial charge < -0.3 is 9.84 Å². The van der Waals surface area contributed by atoms with Gasteiger partial charge in [0.25, 0.3) is 0 Å². The van der Waals surface area contributed by atoms with Crippen molar-refractivity contribution in [2.24, 2.45) is 0 Å². The van der Waals surface area contributed by atoms with Crippen LogP contribution in [0.2, 0.25) is 0 Å². The second kappa shape index (κ2) is 6.19. The minimum atomic E-state index is -1.61. The first-order chi connectivity index (χ1) is 7.68. The van der Waals surface area contributed by atoms with E-state index in [1.54, 1.807) is 12.2 Å². The van der Waals surface area contributed by atoms with E-state index in [2.05, 4.69) is 4.74 Å². The highest BCUT2D eigenvalue weighted by Crippen LogP contribution is 2.00. The minimum absolute atomic E-state index is 0.912. The Hall–Kier alpha value is -2.36.